The van der Waals surface area contributed by atoms with E-state index in [2.05, 4.69) is 60.7 Å². The van der Waals surface area contributed by atoms with Gasteiger partial charge in [0.1, 0.15) is 0 Å². The quantitative estimate of drug-likeness (QED) is 0.519. The summed E-state index contributed by atoms with van der Waals surface area (Å²) in [6.45, 7) is 4.53. The Bertz CT molecular complexity index is 154. The maximum Gasteiger partial charge on any atom is 0.0589 e. The Balaban J connectivity index is 2.53. The smallest absolute Gasteiger partial charge is 0.0589 e. The van der Waals surface area contributed by atoms with Crippen molar-refractivity contribution in [3.05, 3.63) is 24.3 Å². The average molecular weight is 248 g/mol. The fraction of sp³-hybridized carbons (Fsp3) is 0.556. The van der Waals surface area contributed by atoms with Crippen molar-refractivity contribution < 1.29 is 0 Å². The third kappa shape index (κ3) is 2.11. The monoisotopic (exact) mass is 248 g/mol. The van der Waals surface area contributed by atoms with Gasteiger partial charge in [-0.3, -0.25) is 0 Å². The molecule has 0 radical (unpaired) electrons. The van der Waals surface area contributed by atoms with Crippen LogP contribution in [-0.4, -0.2) is 3.42 Å². The van der Waals surface area contributed by atoms with Gasteiger partial charge in [0, 0.05) is 0 Å². The predicted octanol–water partition coefficient (Wildman–Crippen LogP) is 3.33. The molecule has 0 aromatic carbocycles. The van der Waals surface area contributed by atoms with E-state index >= 15 is 0 Å². The summed E-state index contributed by atoms with van der Waals surface area (Å²) >= 11 is 2.51. The molecular formula is C9H13I. The first-order valence-electron chi connectivity index (χ1n) is 3.68. The zero-order valence-corrected chi connectivity index (χ0v) is 8.63. The van der Waals surface area contributed by atoms with E-state index in [1.807, 2.05) is 0 Å². The van der Waals surface area contributed by atoms with Gasteiger partial charge in [0.15, 0.2) is 0 Å². The van der Waals surface area contributed by atoms with Crippen LogP contribution in [0.3, 0.4) is 0 Å². The highest BCUT2D eigenvalue weighted by molar-refractivity contribution is 14.1. The Morgan fingerprint density at radius 2 is 1.80 bits per heavy atom. The molecule has 0 N–H and O–H groups in total. The van der Waals surface area contributed by atoms with Crippen LogP contribution in [0.4, 0.5) is 0 Å². The van der Waals surface area contributed by atoms with Gasteiger partial charge in [0.2, 0.25) is 0 Å². The Morgan fingerprint density at radius 3 is 2.20 bits per heavy atom. The number of allylic oxidation sites excluding steroid dienone is 4. The van der Waals surface area contributed by atoms with Gasteiger partial charge in [-0.05, 0) is 12.3 Å². The van der Waals surface area contributed by atoms with Gasteiger partial charge in [-0.2, -0.15) is 0 Å². The first-order valence-corrected chi connectivity index (χ1v) is 4.76. The van der Waals surface area contributed by atoms with Crippen molar-refractivity contribution in [2.45, 2.75) is 23.7 Å². The fourth-order valence-corrected chi connectivity index (χ4v) is 2.54. The highest BCUT2D eigenvalue weighted by Crippen LogP contribution is 2.33. The minimum absolute atomic E-state index is 0.325. The Kier molecular flexibility index (Phi) is 2.55. The molecule has 1 aliphatic rings. The van der Waals surface area contributed by atoms with Crippen LogP contribution in [0.15, 0.2) is 24.3 Å². The molecule has 0 atom stereocenters. The van der Waals surface area contributed by atoms with Gasteiger partial charge in [-0.1, -0.05) is 60.7 Å². The molecule has 0 spiro atoms. The standard InChI is InChI=1S/C9H13I/c1-8(2)7-9(10)5-3-4-6-9/h3-6,8H,7H2,1-2H3. The van der Waals surface area contributed by atoms with Crippen LogP contribution < -0.4 is 0 Å². The molecule has 0 aromatic rings. The molecule has 0 nitrogen and oxygen atoms in total. The van der Waals surface area contributed by atoms with Gasteiger partial charge in [-0.15, -0.1) is 0 Å². The van der Waals surface area contributed by atoms with Crippen molar-refractivity contribution >= 4 is 22.6 Å². The Morgan fingerprint density at radius 1 is 1.30 bits per heavy atom. The lowest BCUT2D eigenvalue weighted by molar-refractivity contribution is 0.571. The lowest BCUT2D eigenvalue weighted by Crippen LogP contribution is -2.14. The second-order valence-electron chi connectivity index (χ2n) is 3.24. The molecule has 0 unspecified atom stereocenters. The molecule has 10 heavy (non-hydrogen) atoms. The second kappa shape index (κ2) is 3.07. The van der Waals surface area contributed by atoms with Crippen LogP contribution in [0.2, 0.25) is 0 Å². The minimum Gasteiger partial charge on any atom is -0.0697 e. The molecule has 0 bridgehead atoms. The van der Waals surface area contributed by atoms with Crippen molar-refractivity contribution in [1.82, 2.24) is 0 Å². The van der Waals surface area contributed by atoms with Crippen LogP contribution in [-0.2, 0) is 0 Å². The highest BCUT2D eigenvalue weighted by Gasteiger charge is 2.22. The van der Waals surface area contributed by atoms with Gasteiger partial charge >= 0.3 is 0 Å². The van der Waals surface area contributed by atoms with Gasteiger partial charge in [0.25, 0.3) is 0 Å². The number of hydrogen-bond donors (Lipinski definition) is 0. The fourth-order valence-electron chi connectivity index (χ4n) is 1.25. The lowest BCUT2D eigenvalue weighted by atomic mass is 9.99. The zero-order valence-electron chi connectivity index (χ0n) is 6.47. The summed E-state index contributed by atoms with van der Waals surface area (Å²) in [5.41, 5.74) is 0. The van der Waals surface area contributed by atoms with E-state index in [0.717, 1.165) is 5.92 Å². The normalized spacial score (nSPS) is 20.8. The second-order valence-corrected chi connectivity index (χ2v) is 5.25. The maximum absolute atomic E-state index is 2.51. The predicted molar refractivity (Wildman–Crippen MR) is 54.5 cm³/mol. The first kappa shape index (κ1) is 8.31. The molecule has 0 aromatic heterocycles. The summed E-state index contributed by atoms with van der Waals surface area (Å²) in [4.78, 5) is 0. The summed E-state index contributed by atoms with van der Waals surface area (Å²) < 4.78 is 0.325. The SMILES string of the molecule is CC(C)CC1(I)C=CC=C1. The molecule has 0 saturated carbocycles. The van der Waals surface area contributed by atoms with Gasteiger partial charge < -0.3 is 0 Å². The average Bonchev–Trinajstić information content (AvgIpc) is 2.12. The van der Waals surface area contributed by atoms with Crippen LogP contribution >= 0.6 is 22.6 Å². The van der Waals surface area contributed by atoms with E-state index in [-0.39, 0.29) is 0 Å². The summed E-state index contributed by atoms with van der Waals surface area (Å²) in [5, 5.41) is 0. The van der Waals surface area contributed by atoms with Crippen molar-refractivity contribution in [3.8, 4) is 0 Å². The van der Waals surface area contributed by atoms with Gasteiger partial charge in [-0.25, -0.2) is 0 Å². The van der Waals surface area contributed by atoms with Crippen LogP contribution in [0.5, 0.6) is 0 Å². The van der Waals surface area contributed by atoms with Crippen LogP contribution in [0.1, 0.15) is 20.3 Å². The van der Waals surface area contributed by atoms with Crippen molar-refractivity contribution in [3.63, 3.8) is 0 Å². The Labute approximate surface area is 76.5 Å². The van der Waals surface area contributed by atoms with Crippen molar-refractivity contribution in [2.24, 2.45) is 5.92 Å². The Hall–Kier alpha value is 0.210. The van der Waals surface area contributed by atoms with E-state index in [4.69, 9.17) is 0 Å². The van der Waals surface area contributed by atoms with Crippen LogP contribution in [0.25, 0.3) is 0 Å². The molecule has 0 heterocycles. The van der Waals surface area contributed by atoms with E-state index in [0.29, 0.717) is 3.42 Å². The number of halogens is 1. The molecule has 0 aliphatic heterocycles. The lowest BCUT2D eigenvalue weighted by Gasteiger charge is -2.19. The van der Waals surface area contributed by atoms with E-state index in [1.165, 1.54) is 6.42 Å². The number of hydrogen-bond acceptors (Lipinski definition) is 0. The minimum atomic E-state index is 0.325. The number of rotatable bonds is 2. The molecular weight excluding hydrogens is 235 g/mol. The third-order valence-electron chi connectivity index (χ3n) is 1.58. The first-order chi connectivity index (χ1) is 4.62. The van der Waals surface area contributed by atoms with Crippen LogP contribution in [0, 0.1) is 5.92 Å². The summed E-state index contributed by atoms with van der Waals surface area (Å²) in [6, 6.07) is 0. The molecule has 0 saturated heterocycles. The summed E-state index contributed by atoms with van der Waals surface area (Å²) in [6.07, 6.45) is 10.1. The van der Waals surface area contributed by atoms with E-state index in [9.17, 15) is 0 Å². The molecule has 1 heteroatoms. The maximum atomic E-state index is 2.51. The van der Waals surface area contributed by atoms with Gasteiger partial charge in [0.05, 0.1) is 3.42 Å². The molecule has 1 aliphatic carbocycles. The highest BCUT2D eigenvalue weighted by atomic mass is 127. The zero-order chi connectivity index (χ0) is 7.61. The van der Waals surface area contributed by atoms with E-state index in [1.54, 1.807) is 0 Å². The molecule has 0 fully saturated rings. The summed E-state index contributed by atoms with van der Waals surface area (Å²) in [7, 11) is 0. The van der Waals surface area contributed by atoms with Crippen molar-refractivity contribution in [1.29, 1.82) is 0 Å². The van der Waals surface area contributed by atoms with Crippen molar-refractivity contribution in [2.75, 3.05) is 0 Å². The largest absolute Gasteiger partial charge is 0.0697 e. The third-order valence-corrected chi connectivity index (χ3v) is 2.74. The topological polar surface area (TPSA) is 0 Å². The molecule has 1 rings (SSSR count). The summed E-state index contributed by atoms with van der Waals surface area (Å²) in [5.74, 6) is 0.782. The molecule has 0 amide bonds. The van der Waals surface area contributed by atoms with E-state index < -0.39 is 0 Å². The molecule has 56 valence electrons. The number of alkyl halides is 1.